The summed E-state index contributed by atoms with van der Waals surface area (Å²) in [6.07, 6.45) is 0.195. The zero-order valence-electron chi connectivity index (χ0n) is 12.2. The van der Waals surface area contributed by atoms with Gasteiger partial charge < -0.3 is 5.11 Å². The smallest absolute Gasteiger partial charge is 0.321 e. The third-order valence-corrected chi connectivity index (χ3v) is 4.36. The number of carboxylic acid groups (broad SMARTS) is 1. The van der Waals surface area contributed by atoms with Crippen LogP contribution in [0.1, 0.15) is 37.6 Å². The summed E-state index contributed by atoms with van der Waals surface area (Å²) in [6.45, 7) is 5.00. The van der Waals surface area contributed by atoms with E-state index in [0.717, 1.165) is 0 Å². The Hall–Kier alpha value is -1.73. The minimum Gasteiger partial charge on any atom is -0.480 e. The third kappa shape index (κ3) is 4.95. The number of carboxylic acids is 1. The molecule has 2 N–H and O–H groups in total. The Bertz CT molecular complexity index is 619. The van der Waals surface area contributed by atoms with E-state index in [0.29, 0.717) is 5.56 Å². The highest BCUT2D eigenvalue weighted by molar-refractivity contribution is 7.89. The summed E-state index contributed by atoms with van der Waals surface area (Å²) in [7, 11) is -3.93. The fourth-order valence-electron chi connectivity index (χ4n) is 1.79. The van der Waals surface area contributed by atoms with Crippen molar-refractivity contribution in [2.45, 2.75) is 38.1 Å². The van der Waals surface area contributed by atoms with Crippen molar-refractivity contribution in [1.82, 2.24) is 4.72 Å². The van der Waals surface area contributed by atoms with Gasteiger partial charge >= 0.3 is 5.97 Å². The SMILES string of the molecule is CC(=O)c1ccc(S(=O)(=O)N[C@H](CC(C)C)C(=O)O)cc1. The molecule has 1 aromatic carbocycles. The van der Waals surface area contributed by atoms with E-state index >= 15 is 0 Å². The quantitative estimate of drug-likeness (QED) is 0.746. The lowest BCUT2D eigenvalue weighted by Gasteiger charge is -2.16. The lowest BCUT2D eigenvalue weighted by atomic mass is 10.1. The van der Waals surface area contributed by atoms with Gasteiger partial charge in [-0.25, -0.2) is 8.42 Å². The molecule has 1 aromatic rings. The summed E-state index contributed by atoms with van der Waals surface area (Å²) in [5, 5.41) is 9.08. The lowest BCUT2D eigenvalue weighted by Crippen LogP contribution is -2.41. The maximum Gasteiger partial charge on any atom is 0.321 e. The van der Waals surface area contributed by atoms with Crippen molar-refractivity contribution in [1.29, 1.82) is 0 Å². The molecular weight excluding hydrogens is 294 g/mol. The zero-order chi connectivity index (χ0) is 16.2. The molecule has 6 nitrogen and oxygen atoms in total. The van der Waals surface area contributed by atoms with Gasteiger partial charge in [-0.2, -0.15) is 4.72 Å². The lowest BCUT2D eigenvalue weighted by molar-refractivity contribution is -0.139. The number of hydrogen-bond donors (Lipinski definition) is 2. The number of nitrogens with one attached hydrogen (secondary N) is 1. The Morgan fingerprint density at radius 1 is 1.19 bits per heavy atom. The molecule has 0 aliphatic rings. The summed E-state index contributed by atoms with van der Waals surface area (Å²) >= 11 is 0. The van der Waals surface area contributed by atoms with Crippen LogP contribution in [-0.4, -0.2) is 31.3 Å². The molecule has 0 spiro atoms. The summed E-state index contributed by atoms with van der Waals surface area (Å²) in [6, 6.07) is 4.19. The maximum absolute atomic E-state index is 12.2. The van der Waals surface area contributed by atoms with E-state index < -0.39 is 22.0 Å². The molecule has 0 saturated heterocycles. The topological polar surface area (TPSA) is 101 Å². The van der Waals surface area contributed by atoms with Crippen LogP contribution in [0, 0.1) is 5.92 Å². The Labute approximate surface area is 124 Å². The molecule has 0 bridgehead atoms. The largest absolute Gasteiger partial charge is 0.480 e. The number of aliphatic carboxylic acids is 1. The monoisotopic (exact) mass is 313 g/mol. The van der Waals surface area contributed by atoms with Gasteiger partial charge in [-0.1, -0.05) is 26.0 Å². The molecule has 116 valence electrons. The van der Waals surface area contributed by atoms with Gasteiger partial charge in [0.1, 0.15) is 6.04 Å². The highest BCUT2D eigenvalue weighted by Crippen LogP contribution is 2.14. The molecule has 1 atom stereocenters. The number of carbonyl (C=O) groups excluding carboxylic acids is 1. The first kappa shape index (κ1) is 17.3. The minimum atomic E-state index is -3.93. The fraction of sp³-hybridized carbons (Fsp3) is 0.429. The van der Waals surface area contributed by atoms with E-state index in [1.807, 2.05) is 13.8 Å². The molecule has 21 heavy (non-hydrogen) atoms. The minimum absolute atomic E-state index is 0.0360. The molecule has 7 heteroatoms. The Morgan fingerprint density at radius 3 is 2.10 bits per heavy atom. The molecule has 0 amide bonds. The molecule has 0 aliphatic heterocycles. The summed E-state index contributed by atoms with van der Waals surface area (Å²) in [5.74, 6) is -1.35. The number of rotatable bonds is 7. The van der Waals surface area contributed by atoms with Crippen molar-refractivity contribution in [3.8, 4) is 0 Å². The first-order chi connectivity index (χ1) is 9.63. The number of benzene rings is 1. The Balaban J connectivity index is 2.98. The van der Waals surface area contributed by atoms with Crippen LogP contribution in [0.2, 0.25) is 0 Å². The maximum atomic E-state index is 12.2. The summed E-state index contributed by atoms with van der Waals surface area (Å²) in [5.41, 5.74) is 0.394. The molecule has 0 unspecified atom stereocenters. The van der Waals surface area contributed by atoms with E-state index in [1.165, 1.54) is 31.2 Å². The number of Topliss-reactive ketones (excluding diaryl/α,β-unsaturated/α-hetero) is 1. The van der Waals surface area contributed by atoms with Gasteiger partial charge in [0, 0.05) is 5.56 Å². The van der Waals surface area contributed by atoms with Crippen molar-refractivity contribution < 1.29 is 23.1 Å². The van der Waals surface area contributed by atoms with Gasteiger partial charge in [0.05, 0.1) is 4.90 Å². The Kier molecular flexibility index (Phi) is 5.62. The second-order valence-electron chi connectivity index (χ2n) is 5.22. The van der Waals surface area contributed by atoms with Crippen molar-refractivity contribution in [3.05, 3.63) is 29.8 Å². The van der Waals surface area contributed by atoms with Crippen molar-refractivity contribution in [2.24, 2.45) is 5.92 Å². The van der Waals surface area contributed by atoms with Gasteiger partial charge in [0.2, 0.25) is 10.0 Å². The van der Waals surface area contributed by atoms with E-state index in [-0.39, 0.29) is 23.0 Å². The zero-order valence-corrected chi connectivity index (χ0v) is 13.0. The van der Waals surface area contributed by atoms with E-state index in [4.69, 9.17) is 5.11 Å². The first-order valence-electron chi connectivity index (χ1n) is 6.49. The fourth-order valence-corrected chi connectivity index (χ4v) is 3.00. The van der Waals surface area contributed by atoms with Crippen LogP contribution in [0.4, 0.5) is 0 Å². The van der Waals surface area contributed by atoms with Gasteiger partial charge in [-0.05, 0) is 31.4 Å². The second kappa shape index (κ2) is 6.82. The first-order valence-corrected chi connectivity index (χ1v) is 7.98. The van der Waals surface area contributed by atoms with Crippen molar-refractivity contribution >= 4 is 21.8 Å². The second-order valence-corrected chi connectivity index (χ2v) is 6.94. The molecule has 0 fully saturated rings. The van der Waals surface area contributed by atoms with E-state index in [2.05, 4.69) is 4.72 Å². The average Bonchev–Trinajstić information content (AvgIpc) is 2.37. The van der Waals surface area contributed by atoms with Gasteiger partial charge in [-0.15, -0.1) is 0 Å². The molecule has 0 saturated carbocycles. The number of hydrogen-bond acceptors (Lipinski definition) is 4. The van der Waals surface area contributed by atoms with Gasteiger partial charge in [0.15, 0.2) is 5.78 Å². The van der Waals surface area contributed by atoms with Crippen LogP contribution in [0.25, 0.3) is 0 Å². The van der Waals surface area contributed by atoms with Crippen LogP contribution < -0.4 is 4.72 Å². The predicted octanol–water partition coefficient (Wildman–Crippen LogP) is 1.67. The summed E-state index contributed by atoms with van der Waals surface area (Å²) < 4.78 is 26.5. The number of ketones is 1. The van der Waals surface area contributed by atoms with Crippen molar-refractivity contribution in [3.63, 3.8) is 0 Å². The van der Waals surface area contributed by atoms with Gasteiger partial charge in [0.25, 0.3) is 0 Å². The van der Waals surface area contributed by atoms with Crippen LogP contribution >= 0.6 is 0 Å². The number of carbonyl (C=O) groups is 2. The molecule has 1 rings (SSSR count). The molecule has 0 heterocycles. The third-order valence-electron chi connectivity index (χ3n) is 2.87. The summed E-state index contributed by atoms with van der Waals surface area (Å²) in [4.78, 5) is 22.2. The molecule has 0 radical (unpaired) electrons. The van der Waals surface area contributed by atoms with Crippen LogP contribution in [-0.2, 0) is 14.8 Å². The van der Waals surface area contributed by atoms with Gasteiger partial charge in [-0.3, -0.25) is 9.59 Å². The van der Waals surface area contributed by atoms with E-state index in [9.17, 15) is 18.0 Å². The van der Waals surface area contributed by atoms with Crippen LogP contribution in [0.15, 0.2) is 29.2 Å². The predicted molar refractivity (Wildman–Crippen MR) is 77.6 cm³/mol. The molecular formula is C14H19NO5S. The average molecular weight is 313 g/mol. The molecule has 0 aliphatic carbocycles. The number of sulfonamides is 1. The highest BCUT2D eigenvalue weighted by Gasteiger charge is 2.26. The molecule has 0 aromatic heterocycles. The normalized spacial score (nSPS) is 13.1. The van der Waals surface area contributed by atoms with Crippen molar-refractivity contribution in [2.75, 3.05) is 0 Å². The van der Waals surface area contributed by atoms with Crippen LogP contribution in [0.5, 0.6) is 0 Å². The Morgan fingerprint density at radius 2 is 1.71 bits per heavy atom. The standard InChI is InChI=1S/C14H19NO5S/c1-9(2)8-13(14(17)18)15-21(19,20)12-6-4-11(5-7-12)10(3)16/h4-7,9,13,15H,8H2,1-3H3,(H,17,18)/t13-/m1/s1. The highest BCUT2D eigenvalue weighted by atomic mass is 32.2. The van der Waals surface area contributed by atoms with Crippen LogP contribution in [0.3, 0.4) is 0 Å². The van der Waals surface area contributed by atoms with E-state index in [1.54, 1.807) is 0 Å².